The molecule has 0 fully saturated rings. The summed E-state index contributed by atoms with van der Waals surface area (Å²) >= 11 is 0. The third kappa shape index (κ3) is 5.01. The molecule has 0 saturated heterocycles. The van der Waals surface area contributed by atoms with Crippen LogP contribution in [0.3, 0.4) is 0 Å². The molecule has 0 unspecified atom stereocenters. The quantitative estimate of drug-likeness (QED) is 0.237. The Kier molecular flexibility index (Phi) is 7.11. The Hall–Kier alpha value is -4.19. The maximum absolute atomic E-state index is 13.6. The Morgan fingerprint density at radius 3 is 2.66 bits per heavy atom. The summed E-state index contributed by atoms with van der Waals surface area (Å²) in [5.74, 6) is 2.22. The predicted octanol–water partition coefficient (Wildman–Crippen LogP) is 5.95. The second kappa shape index (κ2) is 10.4. The molecule has 4 aromatic rings. The summed E-state index contributed by atoms with van der Waals surface area (Å²) in [5.41, 5.74) is 4.00. The highest BCUT2D eigenvalue weighted by Crippen LogP contribution is 2.34. The van der Waals surface area contributed by atoms with E-state index in [1.807, 2.05) is 61.5 Å². The molecule has 0 aliphatic heterocycles. The molecule has 0 saturated carbocycles. The van der Waals surface area contributed by atoms with Gasteiger partial charge in [-0.25, -0.2) is 4.98 Å². The van der Waals surface area contributed by atoms with Gasteiger partial charge in [-0.05, 0) is 65.9 Å². The Balaban J connectivity index is 1.91. The van der Waals surface area contributed by atoms with Crippen molar-refractivity contribution < 1.29 is 9.47 Å². The fourth-order valence-electron chi connectivity index (χ4n) is 3.94. The average molecular weight is 468 g/mol. The van der Waals surface area contributed by atoms with Gasteiger partial charge in [0.2, 0.25) is 0 Å². The number of aromatic nitrogens is 2. The van der Waals surface area contributed by atoms with E-state index >= 15 is 0 Å². The van der Waals surface area contributed by atoms with Crippen LogP contribution in [0.2, 0.25) is 0 Å². The molecule has 0 aliphatic rings. The second-order valence-electron chi connectivity index (χ2n) is 8.55. The van der Waals surface area contributed by atoms with Gasteiger partial charge < -0.3 is 9.47 Å². The molecule has 1 aromatic heterocycles. The molecular weight excluding hydrogens is 438 g/mol. The van der Waals surface area contributed by atoms with E-state index in [4.69, 9.17) is 14.5 Å². The lowest BCUT2D eigenvalue weighted by atomic mass is 9.96. The Morgan fingerprint density at radius 1 is 1.11 bits per heavy atom. The smallest absolute Gasteiger partial charge is 0.282 e. The van der Waals surface area contributed by atoms with E-state index < -0.39 is 0 Å². The van der Waals surface area contributed by atoms with E-state index in [-0.39, 0.29) is 11.5 Å². The molecule has 1 heterocycles. The second-order valence-corrected chi connectivity index (χ2v) is 8.55. The minimum absolute atomic E-state index is 0.228. The maximum atomic E-state index is 13.6. The SMILES string of the molecule is C=CCOc1cccc(C=Nn2c(-c3cc(C(C)C)c(OC)cc3C)nc3ccccc3c2=O)c1. The molecule has 178 valence electrons. The highest BCUT2D eigenvalue weighted by atomic mass is 16.5. The van der Waals surface area contributed by atoms with Crippen LogP contribution in [0.1, 0.15) is 36.5 Å². The third-order valence-corrected chi connectivity index (χ3v) is 5.74. The number of rotatable bonds is 8. The number of ether oxygens (including phenoxy) is 2. The van der Waals surface area contributed by atoms with Gasteiger partial charge in [0.1, 0.15) is 18.1 Å². The van der Waals surface area contributed by atoms with Crippen LogP contribution in [-0.2, 0) is 0 Å². The fourth-order valence-corrected chi connectivity index (χ4v) is 3.94. The van der Waals surface area contributed by atoms with Gasteiger partial charge in [0.25, 0.3) is 5.56 Å². The van der Waals surface area contributed by atoms with Crippen molar-refractivity contribution in [1.29, 1.82) is 0 Å². The number of fused-ring (bicyclic) bond motifs is 1. The Bertz CT molecular complexity index is 1470. The maximum Gasteiger partial charge on any atom is 0.282 e. The van der Waals surface area contributed by atoms with E-state index in [0.29, 0.717) is 29.1 Å². The number of hydrogen-bond acceptors (Lipinski definition) is 5. The van der Waals surface area contributed by atoms with Crippen molar-refractivity contribution in [3.8, 4) is 22.9 Å². The largest absolute Gasteiger partial charge is 0.496 e. The number of para-hydroxylation sites is 1. The van der Waals surface area contributed by atoms with Crippen molar-refractivity contribution in [2.45, 2.75) is 26.7 Å². The zero-order chi connectivity index (χ0) is 24.9. The number of methoxy groups -OCH3 is 1. The number of aryl methyl sites for hydroxylation is 1. The molecule has 0 bridgehead atoms. The van der Waals surface area contributed by atoms with Crippen LogP contribution in [-0.4, -0.2) is 29.6 Å². The van der Waals surface area contributed by atoms with Crippen molar-refractivity contribution in [2.24, 2.45) is 5.10 Å². The number of hydrogen-bond donors (Lipinski definition) is 0. The predicted molar refractivity (Wildman–Crippen MR) is 142 cm³/mol. The van der Waals surface area contributed by atoms with E-state index in [1.165, 1.54) is 4.68 Å². The van der Waals surface area contributed by atoms with Gasteiger partial charge in [0.15, 0.2) is 5.82 Å². The summed E-state index contributed by atoms with van der Waals surface area (Å²) < 4.78 is 12.6. The number of benzene rings is 3. The van der Waals surface area contributed by atoms with Gasteiger partial charge in [0.05, 0.1) is 24.2 Å². The zero-order valence-electron chi connectivity index (χ0n) is 20.5. The van der Waals surface area contributed by atoms with Crippen molar-refractivity contribution in [2.75, 3.05) is 13.7 Å². The third-order valence-electron chi connectivity index (χ3n) is 5.74. The lowest BCUT2D eigenvalue weighted by Gasteiger charge is -2.17. The Labute approximate surface area is 205 Å². The zero-order valence-corrected chi connectivity index (χ0v) is 20.5. The van der Waals surface area contributed by atoms with E-state index in [1.54, 1.807) is 25.5 Å². The molecule has 0 spiro atoms. The van der Waals surface area contributed by atoms with Crippen LogP contribution in [0.5, 0.6) is 11.5 Å². The summed E-state index contributed by atoms with van der Waals surface area (Å²) in [6, 6.07) is 18.9. The average Bonchev–Trinajstić information content (AvgIpc) is 2.86. The number of nitrogens with zero attached hydrogens (tertiary/aromatic N) is 3. The molecular formula is C29H29N3O3. The van der Waals surface area contributed by atoms with Crippen molar-refractivity contribution in [1.82, 2.24) is 9.66 Å². The van der Waals surface area contributed by atoms with Crippen LogP contribution in [0.4, 0.5) is 0 Å². The van der Waals surface area contributed by atoms with Gasteiger partial charge in [-0.2, -0.15) is 9.78 Å². The van der Waals surface area contributed by atoms with Crippen LogP contribution < -0.4 is 15.0 Å². The molecule has 0 radical (unpaired) electrons. The summed E-state index contributed by atoms with van der Waals surface area (Å²) in [7, 11) is 1.67. The minimum atomic E-state index is -0.234. The topological polar surface area (TPSA) is 65.7 Å². The van der Waals surface area contributed by atoms with E-state index in [2.05, 4.69) is 25.5 Å². The first kappa shape index (κ1) is 24.0. The van der Waals surface area contributed by atoms with Crippen molar-refractivity contribution in [3.63, 3.8) is 0 Å². The molecule has 6 nitrogen and oxygen atoms in total. The molecule has 0 amide bonds. The highest BCUT2D eigenvalue weighted by Gasteiger charge is 2.18. The van der Waals surface area contributed by atoms with Gasteiger partial charge >= 0.3 is 0 Å². The van der Waals surface area contributed by atoms with E-state index in [9.17, 15) is 4.79 Å². The molecule has 35 heavy (non-hydrogen) atoms. The molecule has 0 N–H and O–H groups in total. The summed E-state index contributed by atoms with van der Waals surface area (Å²) in [5, 5.41) is 5.10. The summed E-state index contributed by atoms with van der Waals surface area (Å²) in [6.07, 6.45) is 3.33. The molecule has 0 aliphatic carbocycles. The van der Waals surface area contributed by atoms with Gasteiger partial charge in [-0.3, -0.25) is 4.79 Å². The summed E-state index contributed by atoms with van der Waals surface area (Å²) in [6.45, 7) is 10.3. The molecule has 3 aromatic carbocycles. The lowest BCUT2D eigenvalue weighted by molar-refractivity contribution is 0.363. The van der Waals surface area contributed by atoms with Crippen LogP contribution in [0.15, 0.2) is 83.2 Å². The normalized spacial score (nSPS) is 11.3. The van der Waals surface area contributed by atoms with Gasteiger partial charge in [-0.15, -0.1) is 0 Å². The Morgan fingerprint density at radius 2 is 1.91 bits per heavy atom. The summed E-state index contributed by atoms with van der Waals surface area (Å²) in [4.78, 5) is 18.4. The van der Waals surface area contributed by atoms with Crippen LogP contribution in [0.25, 0.3) is 22.3 Å². The fraction of sp³-hybridized carbons (Fsp3) is 0.207. The van der Waals surface area contributed by atoms with Crippen LogP contribution in [0, 0.1) is 6.92 Å². The minimum Gasteiger partial charge on any atom is -0.496 e. The van der Waals surface area contributed by atoms with Crippen molar-refractivity contribution >= 4 is 17.1 Å². The first-order valence-corrected chi connectivity index (χ1v) is 11.5. The van der Waals surface area contributed by atoms with E-state index in [0.717, 1.165) is 28.0 Å². The first-order valence-electron chi connectivity index (χ1n) is 11.5. The van der Waals surface area contributed by atoms with Gasteiger partial charge in [0, 0.05) is 5.56 Å². The highest BCUT2D eigenvalue weighted by molar-refractivity contribution is 5.82. The van der Waals surface area contributed by atoms with Crippen molar-refractivity contribution in [3.05, 3.63) is 100 Å². The van der Waals surface area contributed by atoms with Crippen LogP contribution >= 0.6 is 0 Å². The van der Waals surface area contributed by atoms with Gasteiger partial charge in [-0.1, -0.05) is 50.8 Å². The first-order chi connectivity index (χ1) is 16.9. The molecule has 4 rings (SSSR count). The molecule has 0 atom stereocenters. The monoisotopic (exact) mass is 467 g/mol. The lowest BCUT2D eigenvalue weighted by Crippen LogP contribution is -2.20. The molecule has 6 heteroatoms. The standard InChI is InChI=1S/C29H29N3O3/c1-6-14-35-22-11-9-10-21(16-22)18-30-32-28(31-26-13-8-7-12-23(26)29(32)33)25-17-24(19(2)3)27(34-5)15-20(25)4/h6-13,15-19H,1,14H2,2-5H3.